The summed E-state index contributed by atoms with van der Waals surface area (Å²) in [4.78, 5) is 0. The number of hydrogen-bond acceptors (Lipinski definition) is 2. The molecule has 0 saturated heterocycles. The first-order valence-electron chi connectivity index (χ1n) is 6.46. The minimum atomic E-state index is 0.868. The average molecular weight is 240 g/mol. The van der Waals surface area contributed by atoms with Crippen LogP contribution in [0.1, 0.15) is 18.1 Å². The van der Waals surface area contributed by atoms with Crippen LogP contribution in [0.25, 0.3) is 0 Å². The van der Waals surface area contributed by atoms with Gasteiger partial charge in [0.05, 0.1) is 0 Å². The number of rotatable bonds is 6. The van der Waals surface area contributed by atoms with Gasteiger partial charge in [0.25, 0.3) is 0 Å². The summed E-state index contributed by atoms with van der Waals surface area (Å²) in [5.41, 5.74) is 3.79. The monoisotopic (exact) mass is 240 g/mol. The Morgan fingerprint density at radius 3 is 2.11 bits per heavy atom. The molecule has 0 bridgehead atoms. The van der Waals surface area contributed by atoms with Crippen LogP contribution in [-0.2, 0) is 13.1 Å². The van der Waals surface area contributed by atoms with Crippen molar-refractivity contribution in [2.75, 3.05) is 11.9 Å². The lowest BCUT2D eigenvalue weighted by atomic mass is 10.2. The maximum atomic E-state index is 3.42. The van der Waals surface area contributed by atoms with Gasteiger partial charge in [-0.2, -0.15) is 0 Å². The van der Waals surface area contributed by atoms with Crippen LogP contribution in [0.2, 0.25) is 0 Å². The van der Waals surface area contributed by atoms with Crippen molar-refractivity contribution < 1.29 is 0 Å². The van der Waals surface area contributed by atoms with E-state index < -0.39 is 0 Å². The van der Waals surface area contributed by atoms with E-state index >= 15 is 0 Å². The SMILES string of the molecule is CCNCc1ccc(NCc2ccccc2)cc1. The molecule has 0 fully saturated rings. The van der Waals surface area contributed by atoms with Crippen LogP contribution >= 0.6 is 0 Å². The van der Waals surface area contributed by atoms with Gasteiger partial charge in [0, 0.05) is 18.8 Å². The summed E-state index contributed by atoms with van der Waals surface area (Å²) in [7, 11) is 0. The highest BCUT2D eigenvalue weighted by Gasteiger charge is 1.95. The van der Waals surface area contributed by atoms with E-state index in [4.69, 9.17) is 0 Å². The van der Waals surface area contributed by atoms with E-state index in [0.29, 0.717) is 0 Å². The van der Waals surface area contributed by atoms with Crippen molar-refractivity contribution in [1.29, 1.82) is 0 Å². The summed E-state index contributed by atoms with van der Waals surface area (Å²) in [6.07, 6.45) is 0. The summed E-state index contributed by atoms with van der Waals surface area (Å²) < 4.78 is 0. The Balaban J connectivity index is 1.86. The van der Waals surface area contributed by atoms with Gasteiger partial charge >= 0.3 is 0 Å². The van der Waals surface area contributed by atoms with Gasteiger partial charge in [-0.25, -0.2) is 0 Å². The predicted octanol–water partition coefficient (Wildman–Crippen LogP) is 3.41. The molecule has 0 aromatic heterocycles. The summed E-state index contributed by atoms with van der Waals surface area (Å²) in [6.45, 7) is 4.94. The van der Waals surface area contributed by atoms with Gasteiger partial charge in [0.1, 0.15) is 0 Å². The number of hydrogen-bond donors (Lipinski definition) is 2. The van der Waals surface area contributed by atoms with E-state index in [1.54, 1.807) is 0 Å². The molecule has 2 aromatic rings. The smallest absolute Gasteiger partial charge is 0.0400 e. The Morgan fingerprint density at radius 1 is 0.778 bits per heavy atom. The van der Waals surface area contributed by atoms with Crippen molar-refractivity contribution in [2.45, 2.75) is 20.0 Å². The third kappa shape index (κ3) is 3.90. The van der Waals surface area contributed by atoms with Gasteiger partial charge in [-0.3, -0.25) is 0 Å². The van der Waals surface area contributed by atoms with Crippen LogP contribution in [0.5, 0.6) is 0 Å². The fraction of sp³-hybridized carbons (Fsp3) is 0.250. The van der Waals surface area contributed by atoms with E-state index in [2.05, 4.69) is 66.1 Å². The van der Waals surface area contributed by atoms with Crippen molar-refractivity contribution in [3.05, 3.63) is 65.7 Å². The topological polar surface area (TPSA) is 24.1 Å². The van der Waals surface area contributed by atoms with Gasteiger partial charge in [0.2, 0.25) is 0 Å². The minimum Gasteiger partial charge on any atom is -0.381 e. The second kappa shape index (κ2) is 6.82. The average Bonchev–Trinajstić information content (AvgIpc) is 2.45. The molecule has 0 atom stereocenters. The van der Waals surface area contributed by atoms with Crippen molar-refractivity contribution in [3.63, 3.8) is 0 Å². The molecule has 0 unspecified atom stereocenters. The third-order valence-corrected chi connectivity index (χ3v) is 2.87. The molecular weight excluding hydrogens is 220 g/mol. The van der Waals surface area contributed by atoms with Gasteiger partial charge in [-0.1, -0.05) is 49.4 Å². The number of nitrogens with one attached hydrogen (secondary N) is 2. The Morgan fingerprint density at radius 2 is 1.44 bits per heavy atom. The molecule has 0 amide bonds. The van der Waals surface area contributed by atoms with E-state index in [9.17, 15) is 0 Å². The molecular formula is C16H20N2. The molecule has 0 saturated carbocycles. The Labute approximate surface area is 109 Å². The standard InChI is InChI=1S/C16H20N2/c1-2-17-12-15-8-10-16(11-9-15)18-13-14-6-4-3-5-7-14/h3-11,17-18H,2,12-13H2,1H3. The fourth-order valence-corrected chi connectivity index (χ4v) is 1.81. The van der Waals surface area contributed by atoms with Crippen molar-refractivity contribution in [1.82, 2.24) is 5.32 Å². The quantitative estimate of drug-likeness (QED) is 0.808. The second-order valence-electron chi connectivity index (χ2n) is 4.32. The van der Waals surface area contributed by atoms with Crippen molar-refractivity contribution >= 4 is 5.69 Å². The highest BCUT2D eigenvalue weighted by atomic mass is 14.9. The third-order valence-electron chi connectivity index (χ3n) is 2.87. The molecule has 2 rings (SSSR count). The zero-order chi connectivity index (χ0) is 12.6. The highest BCUT2D eigenvalue weighted by Crippen LogP contribution is 2.11. The largest absolute Gasteiger partial charge is 0.381 e. The fourth-order valence-electron chi connectivity index (χ4n) is 1.81. The van der Waals surface area contributed by atoms with Crippen molar-refractivity contribution in [2.24, 2.45) is 0 Å². The molecule has 2 heteroatoms. The summed E-state index contributed by atoms with van der Waals surface area (Å²) in [6, 6.07) is 19.0. The van der Waals surface area contributed by atoms with Crippen LogP contribution < -0.4 is 10.6 Å². The lowest BCUT2D eigenvalue weighted by Crippen LogP contribution is -2.11. The molecule has 0 aliphatic heterocycles. The molecule has 2 N–H and O–H groups in total. The van der Waals surface area contributed by atoms with Crippen molar-refractivity contribution in [3.8, 4) is 0 Å². The van der Waals surface area contributed by atoms with Gasteiger partial charge in [-0.15, -0.1) is 0 Å². The first-order valence-corrected chi connectivity index (χ1v) is 6.46. The van der Waals surface area contributed by atoms with Crippen LogP contribution in [0.15, 0.2) is 54.6 Å². The summed E-state index contributed by atoms with van der Waals surface area (Å²) in [5, 5.41) is 6.75. The molecule has 18 heavy (non-hydrogen) atoms. The van der Waals surface area contributed by atoms with Crippen LogP contribution in [0.3, 0.4) is 0 Å². The first kappa shape index (κ1) is 12.7. The van der Waals surface area contributed by atoms with Crippen LogP contribution in [0.4, 0.5) is 5.69 Å². The number of benzene rings is 2. The van der Waals surface area contributed by atoms with Gasteiger partial charge in [0.15, 0.2) is 0 Å². The molecule has 0 radical (unpaired) electrons. The Bertz CT molecular complexity index is 448. The Kier molecular flexibility index (Phi) is 4.79. The predicted molar refractivity (Wildman–Crippen MR) is 77.6 cm³/mol. The first-order chi connectivity index (χ1) is 8.88. The lowest BCUT2D eigenvalue weighted by Gasteiger charge is -2.08. The normalized spacial score (nSPS) is 10.3. The van der Waals surface area contributed by atoms with Crippen LogP contribution in [0, 0.1) is 0 Å². The maximum absolute atomic E-state index is 3.42. The zero-order valence-electron chi connectivity index (χ0n) is 10.8. The molecule has 2 nitrogen and oxygen atoms in total. The summed E-state index contributed by atoms with van der Waals surface area (Å²) in [5.74, 6) is 0. The van der Waals surface area contributed by atoms with E-state index in [1.807, 2.05) is 6.07 Å². The van der Waals surface area contributed by atoms with Crippen LogP contribution in [-0.4, -0.2) is 6.54 Å². The molecule has 0 heterocycles. The Hall–Kier alpha value is -1.80. The molecule has 0 spiro atoms. The molecule has 0 aliphatic rings. The minimum absolute atomic E-state index is 0.868. The number of anilines is 1. The van der Waals surface area contributed by atoms with E-state index in [1.165, 1.54) is 16.8 Å². The van der Waals surface area contributed by atoms with E-state index in [-0.39, 0.29) is 0 Å². The maximum Gasteiger partial charge on any atom is 0.0400 e. The van der Waals surface area contributed by atoms with Gasteiger partial charge in [-0.05, 0) is 29.8 Å². The second-order valence-corrected chi connectivity index (χ2v) is 4.32. The summed E-state index contributed by atoms with van der Waals surface area (Å²) >= 11 is 0. The van der Waals surface area contributed by atoms with E-state index in [0.717, 1.165) is 19.6 Å². The van der Waals surface area contributed by atoms with Gasteiger partial charge < -0.3 is 10.6 Å². The zero-order valence-corrected chi connectivity index (χ0v) is 10.8. The lowest BCUT2D eigenvalue weighted by molar-refractivity contribution is 0.727. The molecule has 94 valence electrons. The highest BCUT2D eigenvalue weighted by molar-refractivity contribution is 5.45. The molecule has 0 aliphatic carbocycles. The molecule has 2 aromatic carbocycles.